The third kappa shape index (κ3) is 8.25. The topological polar surface area (TPSA) is 0 Å². The third-order valence-electron chi connectivity index (χ3n) is 5.58. The van der Waals surface area contributed by atoms with Crippen LogP contribution in [-0.4, -0.2) is 0 Å². The number of aryl methyl sites for hydroxylation is 1. The van der Waals surface area contributed by atoms with Crippen LogP contribution < -0.4 is 0 Å². The average Bonchev–Trinajstić information content (AvgIpc) is 2.77. The van der Waals surface area contributed by atoms with Crippen molar-refractivity contribution in [3.05, 3.63) is 91.9 Å². The minimum Gasteiger partial charge on any atom is -0.0843 e. The van der Waals surface area contributed by atoms with Gasteiger partial charge in [0.2, 0.25) is 0 Å². The van der Waals surface area contributed by atoms with Crippen LogP contribution in [0.4, 0.5) is 0 Å². The lowest BCUT2D eigenvalue weighted by Crippen LogP contribution is -2.01. The van der Waals surface area contributed by atoms with Gasteiger partial charge >= 0.3 is 0 Å². The first-order valence-electron chi connectivity index (χ1n) is 11.7. The molecule has 3 rings (SSSR count). The molecule has 0 saturated carbocycles. The van der Waals surface area contributed by atoms with E-state index in [0.717, 1.165) is 32.9 Å². The second-order valence-electron chi connectivity index (χ2n) is 8.48. The van der Waals surface area contributed by atoms with Crippen LogP contribution in [0.5, 0.6) is 0 Å². The quantitative estimate of drug-likeness (QED) is 0.252. The Hall–Kier alpha value is -1.28. The molecule has 0 heterocycles. The Bertz CT molecular complexity index is 975. The van der Waals surface area contributed by atoms with Crippen molar-refractivity contribution in [3.63, 3.8) is 0 Å². The van der Waals surface area contributed by atoms with Crippen molar-refractivity contribution in [2.75, 3.05) is 0 Å². The van der Waals surface area contributed by atoms with E-state index in [0.29, 0.717) is 5.92 Å². The summed E-state index contributed by atoms with van der Waals surface area (Å²) in [6.07, 6.45) is 7.37. The molecule has 0 aliphatic heterocycles. The van der Waals surface area contributed by atoms with Gasteiger partial charge in [-0.05, 0) is 76.9 Å². The van der Waals surface area contributed by atoms with Crippen LogP contribution >= 0.6 is 39.1 Å². The molecule has 3 heteroatoms. The first kappa shape index (κ1) is 27.0. The summed E-state index contributed by atoms with van der Waals surface area (Å²) in [5.74, 6) is 0.457. The predicted octanol–water partition coefficient (Wildman–Crippen LogP) is 10.9. The van der Waals surface area contributed by atoms with Gasteiger partial charge < -0.3 is 0 Å². The lowest BCUT2D eigenvalue weighted by Gasteiger charge is -2.16. The monoisotopic (exact) mass is 532 g/mol. The largest absolute Gasteiger partial charge is 0.0843 e. The molecule has 0 nitrogen and oxygen atoms in total. The fraction of sp³-hybridized carbons (Fsp3) is 0.379. The molecule has 0 aliphatic carbocycles. The van der Waals surface area contributed by atoms with Crippen LogP contribution in [0.15, 0.2) is 65.1 Å². The van der Waals surface area contributed by atoms with Crippen molar-refractivity contribution < 1.29 is 0 Å². The van der Waals surface area contributed by atoms with E-state index in [2.05, 4.69) is 74.0 Å². The predicted molar refractivity (Wildman–Crippen MR) is 147 cm³/mol. The standard InChI is InChI=1S/C23H21BrCl2.C6H14/c1-15(2)20-7-4-8-23(26)22(20)11-9-17-13-18(24)10-12-21(17)16-5-3-6-19(25)14-16;1-3-5-6-4-2/h3-8,10,12-15H,9,11H2,1-2H3;3-6H2,1-2H3. The van der Waals surface area contributed by atoms with Crippen LogP contribution in [0.3, 0.4) is 0 Å². The van der Waals surface area contributed by atoms with Crippen molar-refractivity contribution in [3.8, 4) is 11.1 Å². The van der Waals surface area contributed by atoms with Gasteiger partial charge in [0.05, 0.1) is 0 Å². The molecule has 3 aromatic carbocycles. The van der Waals surface area contributed by atoms with Gasteiger partial charge in [0, 0.05) is 14.5 Å². The fourth-order valence-corrected chi connectivity index (χ4v) is 4.72. The van der Waals surface area contributed by atoms with Gasteiger partial charge in [0.25, 0.3) is 0 Å². The van der Waals surface area contributed by atoms with E-state index in [1.807, 2.05) is 30.3 Å². The molecule has 0 fully saturated rings. The van der Waals surface area contributed by atoms with Crippen molar-refractivity contribution in [2.24, 2.45) is 0 Å². The van der Waals surface area contributed by atoms with Crippen LogP contribution in [0.2, 0.25) is 10.0 Å². The summed E-state index contributed by atoms with van der Waals surface area (Å²) in [6, 6.07) is 20.7. The highest BCUT2D eigenvalue weighted by Crippen LogP contribution is 2.32. The molecule has 0 radical (unpaired) electrons. The number of benzene rings is 3. The number of hydrogen-bond donors (Lipinski definition) is 0. The molecule has 0 unspecified atom stereocenters. The second kappa shape index (κ2) is 14.1. The zero-order valence-corrected chi connectivity index (χ0v) is 22.8. The highest BCUT2D eigenvalue weighted by molar-refractivity contribution is 9.10. The van der Waals surface area contributed by atoms with E-state index in [9.17, 15) is 0 Å². The number of hydrogen-bond acceptors (Lipinski definition) is 0. The normalized spacial score (nSPS) is 10.8. The Balaban J connectivity index is 0.000000534. The third-order valence-corrected chi connectivity index (χ3v) is 6.66. The van der Waals surface area contributed by atoms with Crippen LogP contribution in [-0.2, 0) is 12.8 Å². The van der Waals surface area contributed by atoms with Crippen molar-refractivity contribution in [1.29, 1.82) is 0 Å². The van der Waals surface area contributed by atoms with Gasteiger partial charge in [0.15, 0.2) is 0 Å². The van der Waals surface area contributed by atoms with Crippen LogP contribution in [0.25, 0.3) is 11.1 Å². The van der Waals surface area contributed by atoms with E-state index in [1.54, 1.807) is 0 Å². The number of unbranched alkanes of at least 4 members (excludes halogenated alkanes) is 3. The molecule has 172 valence electrons. The van der Waals surface area contributed by atoms with Gasteiger partial charge in [0.1, 0.15) is 0 Å². The summed E-state index contributed by atoms with van der Waals surface area (Å²) in [5.41, 5.74) is 6.23. The van der Waals surface area contributed by atoms with Gasteiger partial charge in [-0.15, -0.1) is 0 Å². The number of rotatable bonds is 8. The first-order valence-corrected chi connectivity index (χ1v) is 13.2. The van der Waals surface area contributed by atoms with Crippen molar-refractivity contribution in [2.45, 2.75) is 72.1 Å². The Morgan fingerprint density at radius 1 is 0.812 bits per heavy atom. The smallest absolute Gasteiger partial charge is 0.0440 e. The average molecular weight is 534 g/mol. The van der Waals surface area contributed by atoms with Gasteiger partial charge in [-0.25, -0.2) is 0 Å². The van der Waals surface area contributed by atoms with Gasteiger partial charge in [-0.1, -0.05) is 123 Å². The summed E-state index contributed by atoms with van der Waals surface area (Å²) in [6.45, 7) is 8.89. The first-order chi connectivity index (χ1) is 15.4. The molecule has 3 aromatic rings. The zero-order chi connectivity index (χ0) is 23.5. The molecule has 32 heavy (non-hydrogen) atoms. The fourth-order valence-electron chi connectivity index (χ4n) is 3.85. The minimum atomic E-state index is 0.457. The van der Waals surface area contributed by atoms with E-state index < -0.39 is 0 Å². The molecule has 0 saturated heterocycles. The minimum absolute atomic E-state index is 0.457. The molecule has 0 N–H and O–H groups in total. The van der Waals surface area contributed by atoms with Gasteiger partial charge in [-0.2, -0.15) is 0 Å². The van der Waals surface area contributed by atoms with E-state index in [1.165, 1.54) is 47.9 Å². The molecule has 0 aliphatic rings. The maximum Gasteiger partial charge on any atom is 0.0440 e. The summed E-state index contributed by atoms with van der Waals surface area (Å²) >= 11 is 16.3. The van der Waals surface area contributed by atoms with Crippen molar-refractivity contribution >= 4 is 39.1 Å². The summed E-state index contributed by atoms with van der Waals surface area (Å²) in [5, 5.41) is 1.61. The second-order valence-corrected chi connectivity index (χ2v) is 10.2. The highest BCUT2D eigenvalue weighted by Gasteiger charge is 2.12. The molecular weight excluding hydrogens is 499 g/mol. The van der Waals surface area contributed by atoms with Crippen LogP contribution in [0, 0.1) is 0 Å². The molecular formula is C29H35BrCl2. The highest BCUT2D eigenvalue weighted by atomic mass is 79.9. The Morgan fingerprint density at radius 2 is 1.50 bits per heavy atom. The van der Waals surface area contributed by atoms with E-state index >= 15 is 0 Å². The Morgan fingerprint density at radius 3 is 2.12 bits per heavy atom. The Labute approximate surface area is 213 Å². The summed E-state index contributed by atoms with van der Waals surface area (Å²) in [7, 11) is 0. The summed E-state index contributed by atoms with van der Waals surface area (Å²) < 4.78 is 1.08. The van der Waals surface area contributed by atoms with Crippen LogP contribution in [0.1, 0.15) is 76.0 Å². The molecule has 0 atom stereocenters. The van der Waals surface area contributed by atoms with E-state index in [-0.39, 0.29) is 0 Å². The number of halogens is 3. The molecule has 0 spiro atoms. The van der Waals surface area contributed by atoms with Gasteiger partial charge in [-0.3, -0.25) is 0 Å². The summed E-state index contributed by atoms with van der Waals surface area (Å²) in [4.78, 5) is 0. The molecule has 0 bridgehead atoms. The van der Waals surface area contributed by atoms with E-state index in [4.69, 9.17) is 23.2 Å². The van der Waals surface area contributed by atoms with Crippen molar-refractivity contribution in [1.82, 2.24) is 0 Å². The lowest BCUT2D eigenvalue weighted by molar-refractivity contribution is 0.702. The zero-order valence-electron chi connectivity index (χ0n) is 19.7. The molecule has 0 amide bonds. The maximum atomic E-state index is 6.52. The SMILES string of the molecule is CC(C)c1cccc(Cl)c1CCc1cc(Br)ccc1-c1cccc(Cl)c1.CCCCCC. The Kier molecular flexibility index (Phi) is 11.9. The maximum absolute atomic E-state index is 6.52. The lowest BCUT2D eigenvalue weighted by atomic mass is 9.91. The molecule has 0 aromatic heterocycles.